The number of hydrogen-bond donors (Lipinski definition) is 1. The van der Waals surface area contributed by atoms with Crippen molar-refractivity contribution < 1.29 is 4.79 Å². The molecule has 1 heterocycles. The molecular formula is C19H28N4O. The highest BCUT2D eigenvalue weighted by Crippen LogP contribution is 2.09. The number of nitrogens with one attached hydrogen (secondary N) is 1. The molecule has 5 heteroatoms. The molecule has 0 unspecified atom stereocenters. The number of hydrogen-bond acceptors (Lipinski definition) is 3. The number of nitrogens with zero attached hydrogens (tertiary/aromatic N) is 3. The van der Waals surface area contributed by atoms with Crippen molar-refractivity contribution in [3.05, 3.63) is 52.8 Å². The first-order valence-electron chi connectivity index (χ1n) is 8.69. The van der Waals surface area contributed by atoms with Crippen LogP contribution in [0.5, 0.6) is 0 Å². The summed E-state index contributed by atoms with van der Waals surface area (Å²) in [7, 11) is 0. The fourth-order valence-corrected chi connectivity index (χ4v) is 2.65. The minimum Gasteiger partial charge on any atom is -0.348 e. The summed E-state index contributed by atoms with van der Waals surface area (Å²) in [4.78, 5) is 14.7. The van der Waals surface area contributed by atoms with Crippen LogP contribution in [0.1, 0.15) is 48.0 Å². The Morgan fingerprint density at radius 1 is 1.12 bits per heavy atom. The van der Waals surface area contributed by atoms with Gasteiger partial charge in [0.15, 0.2) is 0 Å². The molecule has 0 aliphatic heterocycles. The molecule has 0 atom stereocenters. The van der Waals surface area contributed by atoms with Crippen LogP contribution in [0.3, 0.4) is 0 Å². The first-order chi connectivity index (χ1) is 11.6. The van der Waals surface area contributed by atoms with Crippen molar-refractivity contribution in [2.24, 2.45) is 0 Å². The smallest absolute Gasteiger partial charge is 0.255 e. The molecule has 5 nitrogen and oxygen atoms in total. The second kappa shape index (κ2) is 8.64. The number of carbonyl (C=O) groups excluding carboxylic acids is 1. The molecular weight excluding hydrogens is 300 g/mol. The summed E-state index contributed by atoms with van der Waals surface area (Å²) in [6.07, 6.45) is 1.80. The molecule has 0 bridgehead atoms. The van der Waals surface area contributed by atoms with E-state index in [1.54, 1.807) is 10.9 Å². The van der Waals surface area contributed by atoms with Gasteiger partial charge < -0.3 is 5.32 Å². The fraction of sp³-hybridized carbons (Fsp3) is 0.474. The van der Waals surface area contributed by atoms with E-state index in [1.165, 1.54) is 5.56 Å². The minimum atomic E-state index is -0.0700. The highest BCUT2D eigenvalue weighted by atomic mass is 16.1. The average Bonchev–Trinajstić information content (AvgIpc) is 2.99. The Morgan fingerprint density at radius 2 is 1.75 bits per heavy atom. The number of benzene rings is 1. The lowest BCUT2D eigenvalue weighted by Gasteiger charge is -2.18. The van der Waals surface area contributed by atoms with Gasteiger partial charge in [0.1, 0.15) is 0 Å². The summed E-state index contributed by atoms with van der Waals surface area (Å²) in [5.74, 6) is -0.0700. The molecule has 24 heavy (non-hydrogen) atoms. The molecule has 1 amide bonds. The maximum absolute atomic E-state index is 12.3. The average molecular weight is 328 g/mol. The van der Waals surface area contributed by atoms with Gasteiger partial charge in [0.2, 0.25) is 0 Å². The van der Waals surface area contributed by atoms with Crippen molar-refractivity contribution in [3.8, 4) is 0 Å². The Hall–Kier alpha value is -2.14. The van der Waals surface area contributed by atoms with E-state index in [0.29, 0.717) is 12.1 Å². The van der Waals surface area contributed by atoms with Crippen LogP contribution < -0.4 is 5.32 Å². The Balaban J connectivity index is 1.92. The summed E-state index contributed by atoms with van der Waals surface area (Å²) < 4.78 is 1.78. The zero-order chi connectivity index (χ0) is 17.5. The van der Waals surface area contributed by atoms with Gasteiger partial charge in [0.25, 0.3) is 5.91 Å². The molecule has 0 radical (unpaired) electrons. The highest BCUT2D eigenvalue weighted by molar-refractivity contribution is 5.94. The number of rotatable bonds is 8. The number of aromatic nitrogens is 2. The van der Waals surface area contributed by atoms with E-state index in [4.69, 9.17) is 0 Å². The number of amides is 1. The standard InChI is InChI=1S/C19H28N4O/c1-5-22(6-2)13-17-10-8-16(9-11-17)12-20-19(24)18-14-23(7-3)21-15(18)4/h8-11,14H,5-7,12-13H2,1-4H3,(H,20,24). The molecule has 2 aromatic rings. The summed E-state index contributed by atoms with van der Waals surface area (Å²) in [5, 5.41) is 7.29. The van der Waals surface area contributed by atoms with Crippen LogP contribution in [-0.4, -0.2) is 33.7 Å². The monoisotopic (exact) mass is 328 g/mol. The first kappa shape index (κ1) is 18.2. The Labute approximate surface area is 144 Å². The molecule has 0 fully saturated rings. The Kier molecular flexibility index (Phi) is 6.55. The van der Waals surface area contributed by atoms with E-state index >= 15 is 0 Å². The third-order valence-electron chi connectivity index (χ3n) is 4.29. The zero-order valence-corrected chi connectivity index (χ0v) is 15.2. The predicted molar refractivity (Wildman–Crippen MR) is 96.9 cm³/mol. The van der Waals surface area contributed by atoms with Crippen LogP contribution in [0.2, 0.25) is 0 Å². The molecule has 1 aromatic heterocycles. The lowest BCUT2D eigenvalue weighted by atomic mass is 10.1. The third kappa shape index (κ3) is 4.68. The van der Waals surface area contributed by atoms with Gasteiger partial charge in [-0.25, -0.2) is 0 Å². The topological polar surface area (TPSA) is 50.2 Å². The van der Waals surface area contributed by atoms with Gasteiger partial charge in [-0.05, 0) is 38.1 Å². The maximum Gasteiger partial charge on any atom is 0.255 e. The van der Waals surface area contributed by atoms with Crippen LogP contribution in [0.15, 0.2) is 30.5 Å². The van der Waals surface area contributed by atoms with Gasteiger partial charge in [-0.15, -0.1) is 0 Å². The van der Waals surface area contributed by atoms with Crippen molar-refractivity contribution in [1.29, 1.82) is 0 Å². The second-order valence-corrected chi connectivity index (χ2v) is 5.94. The maximum atomic E-state index is 12.3. The van der Waals surface area contributed by atoms with E-state index in [0.717, 1.165) is 37.4 Å². The largest absolute Gasteiger partial charge is 0.348 e. The predicted octanol–water partition coefficient (Wildman–Crippen LogP) is 2.98. The van der Waals surface area contributed by atoms with Crippen molar-refractivity contribution in [2.45, 2.75) is 47.3 Å². The Bertz CT molecular complexity index is 657. The molecule has 130 valence electrons. The molecule has 2 rings (SSSR count). The second-order valence-electron chi connectivity index (χ2n) is 5.94. The molecule has 0 saturated carbocycles. The zero-order valence-electron chi connectivity index (χ0n) is 15.2. The Morgan fingerprint density at radius 3 is 2.29 bits per heavy atom. The third-order valence-corrected chi connectivity index (χ3v) is 4.29. The van der Waals surface area contributed by atoms with E-state index in [9.17, 15) is 4.79 Å². The summed E-state index contributed by atoms with van der Waals surface area (Å²) in [6.45, 7) is 12.6. The van der Waals surface area contributed by atoms with Gasteiger partial charge >= 0.3 is 0 Å². The van der Waals surface area contributed by atoms with Crippen molar-refractivity contribution in [3.63, 3.8) is 0 Å². The van der Waals surface area contributed by atoms with Gasteiger partial charge in [0.05, 0.1) is 11.3 Å². The first-order valence-corrected chi connectivity index (χ1v) is 8.69. The van der Waals surface area contributed by atoms with Crippen molar-refractivity contribution >= 4 is 5.91 Å². The van der Waals surface area contributed by atoms with Gasteiger partial charge in [-0.3, -0.25) is 14.4 Å². The molecule has 0 aliphatic rings. The van der Waals surface area contributed by atoms with Gasteiger partial charge in [-0.1, -0.05) is 38.1 Å². The summed E-state index contributed by atoms with van der Waals surface area (Å²) in [5.41, 5.74) is 3.82. The van der Waals surface area contributed by atoms with E-state index in [-0.39, 0.29) is 5.91 Å². The van der Waals surface area contributed by atoms with Crippen LogP contribution in [0.25, 0.3) is 0 Å². The molecule has 1 N–H and O–H groups in total. The van der Waals surface area contributed by atoms with Crippen LogP contribution in [0, 0.1) is 6.92 Å². The van der Waals surface area contributed by atoms with Gasteiger partial charge in [-0.2, -0.15) is 5.10 Å². The molecule has 1 aromatic carbocycles. The SMILES string of the molecule is CCN(CC)Cc1ccc(CNC(=O)c2cn(CC)nc2C)cc1. The van der Waals surface area contributed by atoms with Crippen molar-refractivity contribution in [2.75, 3.05) is 13.1 Å². The quantitative estimate of drug-likeness (QED) is 0.810. The number of aryl methyl sites for hydroxylation is 2. The number of carbonyl (C=O) groups is 1. The molecule has 0 aliphatic carbocycles. The fourth-order valence-electron chi connectivity index (χ4n) is 2.65. The molecule has 0 saturated heterocycles. The lowest BCUT2D eigenvalue weighted by molar-refractivity contribution is 0.0950. The van der Waals surface area contributed by atoms with Crippen molar-refractivity contribution in [1.82, 2.24) is 20.0 Å². The molecule has 0 spiro atoms. The van der Waals surface area contributed by atoms with E-state index < -0.39 is 0 Å². The van der Waals surface area contributed by atoms with E-state index in [2.05, 4.69) is 53.4 Å². The van der Waals surface area contributed by atoms with Gasteiger partial charge in [0, 0.05) is 25.8 Å². The van der Waals surface area contributed by atoms with Crippen LogP contribution >= 0.6 is 0 Å². The summed E-state index contributed by atoms with van der Waals surface area (Å²) >= 11 is 0. The summed E-state index contributed by atoms with van der Waals surface area (Å²) in [6, 6.07) is 8.45. The van der Waals surface area contributed by atoms with E-state index in [1.807, 2.05) is 13.8 Å². The lowest BCUT2D eigenvalue weighted by Crippen LogP contribution is -2.23. The van der Waals surface area contributed by atoms with Crippen LogP contribution in [0.4, 0.5) is 0 Å². The van der Waals surface area contributed by atoms with Crippen LogP contribution in [-0.2, 0) is 19.6 Å². The minimum absolute atomic E-state index is 0.0700. The highest BCUT2D eigenvalue weighted by Gasteiger charge is 2.12. The normalized spacial score (nSPS) is 11.0.